The van der Waals surface area contributed by atoms with E-state index in [4.69, 9.17) is 21.1 Å². The van der Waals surface area contributed by atoms with E-state index in [0.29, 0.717) is 34.7 Å². The molecule has 0 radical (unpaired) electrons. The van der Waals surface area contributed by atoms with Crippen molar-refractivity contribution in [3.05, 3.63) is 34.7 Å². The van der Waals surface area contributed by atoms with Crippen molar-refractivity contribution in [1.82, 2.24) is 4.31 Å². The number of carbonyl (C=O) groups excluding carboxylic acids is 1. The Hall–Kier alpha value is -1.81. The van der Waals surface area contributed by atoms with Crippen LogP contribution in [0.25, 0.3) is 0 Å². The van der Waals surface area contributed by atoms with Gasteiger partial charge in [-0.15, -0.1) is 11.3 Å². The van der Waals surface area contributed by atoms with E-state index in [1.165, 1.54) is 19.2 Å². The Morgan fingerprint density at radius 3 is 2.48 bits per heavy atom. The van der Waals surface area contributed by atoms with Gasteiger partial charge < -0.3 is 14.8 Å². The van der Waals surface area contributed by atoms with Crippen molar-refractivity contribution in [1.29, 1.82) is 0 Å². The molecule has 0 unspecified atom stereocenters. The summed E-state index contributed by atoms with van der Waals surface area (Å²) in [5.41, 5.74) is 0.415. The smallest absolute Gasteiger partial charge is 0.252 e. The summed E-state index contributed by atoms with van der Waals surface area (Å²) in [7, 11) is -2.46. The summed E-state index contributed by atoms with van der Waals surface area (Å²) in [4.78, 5) is 12.4. The van der Waals surface area contributed by atoms with Gasteiger partial charge in [0.2, 0.25) is 5.91 Å². The Kier molecular flexibility index (Phi) is 7.49. The van der Waals surface area contributed by atoms with E-state index in [1.807, 2.05) is 13.8 Å². The largest absolute Gasteiger partial charge is 0.494 e. The maximum absolute atomic E-state index is 12.5. The lowest BCUT2D eigenvalue weighted by Gasteiger charge is -2.17. The molecule has 7 nitrogen and oxygen atoms in total. The quantitative estimate of drug-likeness (QED) is 0.655. The van der Waals surface area contributed by atoms with Gasteiger partial charge in [-0.05, 0) is 38.1 Å². The Morgan fingerprint density at radius 2 is 1.89 bits per heavy atom. The minimum atomic E-state index is -3.79. The van der Waals surface area contributed by atoms with Gasteiger partial charge in [0, 0.05) is 13.1 Å². The summed E-state index contributed by atoms with van der Waals surface area (Å²) in [6.07, 6.45) is 0. The monoisotopic (exact) mass is 432 g/mol. The zero-order valence-electron chi connectivity index (χ0n) is 15.2. The molecule has 2 aromatic rings. The molecule has 148 valence electrons. The first-order chi connectivity index (χ1) is 12.8. The highest BCUT2D eigenvalue weighted by molar-refractivity contribution is 7.91. The van der Waals surface area contributed by atoms with Gasteiger partial charge in [-0.25, -0.2) is 8.42 Å². The fraction of sp³-hybridized carbons (Fsp3) is 0.353. The SMILES string of the molecule is CCOc1ccc(OCC)c(NC(=O)CN(C)S(=O)(=O)c2ccc(Cl)s2)c1. The summed E-state index contributed by atoms with van der Waals surface area (Å²) in [5.74, 6) is 0.550. The number of thiophene rings is 1. The van der Waals surface area contributed by atoms with Crippen LogP contribution < -0.4 is 14.8 Å². The number of hydrogen-bond donors (Lipinski definition) is 1. The van der Waals surface area contributed by atoms with Gasteiger partial charge in [0.25, 0.3) is 10.0 Å². The maximum Gasteiger partial charge on any atom is 0.252 e. The molecule has 0 aliphatic rings. The zero-order valence-corrected chi connectivity index (χ0v) is 17.6. The number of benzene rings is 1. The number of carbonyl (C=O) groups is 1. The predicted molar refractivity (Wildman–Crippen MR) is 107 cm³/mol. The van der Waals surface area contributed by atoms with Crippen LogP contribution >= 0.6 is 22.9 Å². The Balaban J connectivity index is 2.13. The summed E-state index contributed by atoms with van der Waals surface area (Å²) < 4.78 is 37.3. The lowest BCUT2D eigenvalue weighted by atomic mass is 10.2. The number of nitrogens with zero attached hydrogens (tertiary/aromatic N) is 1. The first-order valence-corrected chi connectivity index (χ1v) is 10.8. The number of ether oxygens (including phenoxy) is 2. The molecule has 0 spiro atoms. The van der Waals surface area contributed by atoms with Gasteiger partial charge in [0.15, 0.2) is 0 Å². The lowest BCUT2D eigenvalue weighted by molar-refractivity contribution is -0.116. The normalized spacial score (nSPS) is 11.4. The fourth-order valence-corrected chi connectivity index (χ4v) is 5.03. The number of likely N-dealkylation sites (N-methyl/N-ethyl adjacent to an activating group) is 1. The number of anilines is 1. The van der Waals surface area contributed by atoms with Gasteiger partial charge in [0.05, 0.1) is 29.8 Å². The van der Waals surface area contributed by atoms with Crippen LogP contribution in [0.4, 0.5) is 5.69 Å². The molecule has 1 aromatic carbocycles. The fourth-order valence-electron chi connectivity index (χ4n) is 2.21. The molecular weight excluding hydrogens is 412 g/mol. The molecule has 1 aromatic heterocycles. The van der Waals surface area contributed by atoms with Crippen LogP contribution in [0.5, 0.6) is 11.5 Å². The first kappa shape index (κ1) is 21.5. The second kappa shape index (κ2) is 9.41. The molecule has 0 saturated heterocycles. The molecule has 1 N–H and O–H groups in total. The first-order valence-electron chi connectivity index (χ1n) is 8.19. The molecule has 0 bridgehead atoms. The molecule has 0 atom stereocenters. The average Bonchev–Trinajstić information content (AvgIpc) is 3.04. The second-order valence-corrected chi connectivity index (χ2v) is 9.38. The van der Waals surface area contributed by atoms with E-state index in [0.717, 1.165) is 15.6 Å². The van der Waals surface area contributed by atoms with Crippen LogP contribution in [0.2, 0.25) is 4.34 Å². The van der Waals surface area contributed by atoms with Crippen molar-refractivity contribution < 1.29 is 22.7 Å². The van der Waals surface area contributed by atoms with Crippen molar-refractivity contribution in [2.75, 3.05) is 32.1 Å². The van der Waals surface area contributed by atoms with Crippen LogP contribution in [0.1, 0.15) is 13.8 Å². The predicted octanol–water partition coefficient (Wildman–Crippen LogP) is 3.46. The summed E-state index contributed by atoms with van der Waals surface area (Å²) >= 11 is 6.74. The molecule has 0 fully saturated rings. The molecule has 27 heavy (non-hydrogen) atoms. The van der Waals surface area contributed by atoms with Crippen LogP contribution in [0.15, 0.2) is 34.5 Å². The van der Waals surface area contributed by atoms with Gasteiger partial charge in [-0.1, -0.05) is 11.6 Å². The highest BCUT2D eigenvalue weighted by Crippen LogP contribution is 2.30. The van der Waals surface area contributed by atoms with E-state index in [2.05, 4.69) is 5.32 Å². The average molecular weight is 433 g/mol. The van der Waals surface area contributed by atoms with Crippen LogP contribution in [0, 0.1) is 0 Å². The topological polar surface area (TPSA) is 84.9 Å². The second-order valence-electron chi connectivity index (χ2n) is 5.39. The molecule has 1 amide bonds. The van der Waals surface area contributed by atoms with Gasteiger partial charge in [0.1, 0.15) is 15.7 Å². The number of sulfonamides is 1. The minimum absolute atomic E-state index is 0.0798. The molecule has 0 saturated carbocycles. The Morgan fingerprint density at radius 1 is 1.19 bits per heavy atom. The number of nitrogens with one attached hydrogen (secondary N) is 1. The van der Waals surface area contributed by atoms with Crippen LogP contribution in [0.3, 0.4) is 0 Å². The van der Waals surface area contributed by atoms with Gasteiger partial charge in [-0.3, -0.25) is 4.79 Å². The van der Waals surface area contributed by atoms with Crippen molar-refractivity contribution in [3.63, 3.8) is 0 Å². The number of hydrogen-bond acceptors (Lipinski definition) is 6. The van der Waals surface area contributed by atoms with Crippen molar-refractivity contribution >= 4 is 44.6 Å². The third-order valence-corrected chi connectivity index (χ3v) is 6.92. The minimum Gasteiger partial charge on any atom is -0.494 e. The van der Waals surface area contributed by atoms with Crippen LogP contribution in [-0.2, 0) is 14.8 Å². The lowest BCUT2D eigenvalue weighted by Crippen LogP contribution is -2.34. The molecule has 1 heterocycles. The molecule has 10 heteroatoms. The van der Waals surface area contributed by atoms with E-state index in [9.17, 15) is 13.2 Å². The summed E-state index contributed by atoms with van der Waals surface area (Å²) in [6, 6.07) is 7.98. The molecular formula is C17H21ClN2O5S2. The molecule has 2 rings (SSSR count). The summed E-state index contributed by atoms with van der Waals surface area (Å²) in [5, 5.41) is 2.68. The van der Waals surface area contributed by atoms with Crippen LogP contribution in [-0.4, -0.2) is 45.4 Å². The Bertz CT molecular complexity index is 898. The van der Waals surface area contributed by atoms with Gasteiger partial charge >= 0.3 is 0 Å². The highest BCUT2D eigenvalue weighted by atomic mass is 35.5. The van der Waals surface area contributed by atoms with E-state index in [1.54, 1.807) is 18.2 Å². The summed E-state index contributed by atoms with van der Waals surface area (Å²) in [6.45, 7) is 4.22. The zero-order chi connectivity index (χ0) is 20.0. The number of rotatable bonds is 9. The number of halogens is 1. The third kappa shape index (κ3) is 5.58. The number of amides is 1. The Labute approximate surface area is 167 Å². The van der Waals surface area contributed by atoms with Crippen molar-refractivity contribution in [2.45, 2.75) is 18.1 Å². The van der Waals surface area contributed by atoms with Crippen molar-refractivity contribution in [2.24, 2.45) is 0 Å². The standard InChI is InChI=1S/C17H21ClN2O5S2/c1-4-24-12-6-7-14(25-5-2)13(10-12)19-16(21)11-20(3)27(22,23)17-9-8-15(18)26-17/h6-10H,4-5,11H2,1-3H3,(H,19,21). The van der Waals surface area contributed by atoms with E-state index in [-0.39, 0.29) is 10.8 Å². The third-order valence-electron chi connectivity index (χ3n) is 3.42. The molecule has 0 aliphatic carbocycles. The molecule has 0 aliphatic heterocycles. The van der Waals surface area contributed by atoms with E-state index >= 15 is 0 Å². The van der Waals surface area contributed by atoms with E-state index < -0.39 is 15.9 Å². The van der Waals surface area contributed by atoms with Gasteiger partial charge in [-0.2, -0.15) is 4.31 Å². The highest BCUT2D eigenvalue weighted by Gasteiger charge is 2.25. The maximum atomic E-state index is 12.5. The van der Waals surface area contributed by atoms with Crippen molar-refractivity contribution in [3.8, 4) is 11.5 Å².